The molecule has 1 unspecified atom stereocenters. The summed E-state index contributed by atoms with van der Waals surface area (Å²) in [4.78, 5) is 26.3. The van der Waals surface area contributed by atoms with Gasteiger partial charge < -0.3 is 20.7 Å². The van der Waals surface area contributed by atoms with Crippen molar-refractivity contribution in [1.82, 2.24) is 0 Å². The summed E-state index contributed by atoms with van der Waals surface area (Å²) in [5.74, 6) is -0.168. The molecule has 4 N–H and O–H groups in total. The first-order valence-corrected chi connectivity index (χ1v) is 17.4. The third kappa shape index (κ3) is 4.50. The molecule has 0 aromatic heterocycles. The number of Topliss-reactive ketones (excluding diaryl/α,β-unsaturated/α-hetero) is 1. The van der Waals surface area contributed by atoms with Gasteiger partial charge in [-0.2, -0.15) is 0 Å². The van der Waals surface area contributed by atoms with E-state index in [2.05, 4.69) is 27.7 Å². The second kappa shape index (κ2) is 10.8. The predicted molar refractivity (Wildman–Crippen MR) is 168 cm³/mol. The smallest absolute Gasteiger partial charge is 0.303 e. The van der Waals surface area contributed by atoms with Crippen LogP contribution in [-0.4, -0.2) is 45.8 Å². The first-order chi connectivity index (χ1) is 20.2. The SMILES string of the molecule is CC(=O)O[C@H]1C[C@@]2(C)[C@@H](C[C@@H](O)[C@@H]3[C@]2(C)CC[C@@]2(N)[C@H](C)[C@H](O)CC[C@]32C)/C1=C(/C(C)=O)C1CCCC(=C2CCCC2)C1. The zero-order valence-electron chi connectivity index (χ0n) is 27.6. The summed E-state index contributed by atoms with van der Waals surface area (Å²) in [7, 11) is 0. The molecule has 6 nitrogen and oxygen atoms in total. The Kier molecular flexibility index (Phi) is 7.91. The van der Waals surface area contributed by atoms with Gasteiger partial charge in [0.25, 0.3) is 0 Å². The molecule has 0 spiro atoms. The van der Waals surface area contributed by atoms with Crippen molar-refractivity contribution in [2.24, 2.45) is 45.7 Å². The minimum Gasteiger partial charge on any atom is -0.458 e. The Morgan fingerprint density at radius 2 is 1.53 bits per heavy atom. The minimum absolute atomic E-state index is 0.0306. The van der Waals surface area contributed by atoms with Crippen molar-refractivity contribution in [3.8, 4) is 0 Å². The molecule has 6 saturated carbocycles. The van der Waals surface area contributed by atoms with Crippen molar-refractivity contribution >= 4 is 11.8 Å². The van der Waals surface area contributed by atoms with E-state index in [0.717, 1.165) is 56.1 Å². The highest BCUT2D eigenvalue weighted by Crippen LogP contribution is 2.75. The summed E-state index contributed by atoms with van der Waals surface area (Å²) in [5, 5.41) is 23.1. The fourth-order valence-corrected chi connectivity index (χ4v) is 12.3. The van der Waals surface area contributed by atoms with Crippen LogP contribution in [-0.2, 0) is 14.3 Å². The average Bonchev–Trinajstić information content (AvgIpc) is 3.57. The van der Waals surface area contributed by atoms with E-state index in [1.165, 1.54) is 32.6 Å². The third-order valence-corrected chi connectivity index (χ3v) is 14.7. The Bertz CT molecular complexity index is 1230. The molecular formula is C37H57NO5. The molecule has 0 saturated heterocycles. The molecule has 0 aromatic rings. The lowest BCUT2D eigenvalue weighted by atomic mass is 9.34. The summed E-state index contributed by atoms with van der Waals surface area (Å²) in [6.07, 6.45) is 12.1. The van der Waals surface area contributed by atoms with Crippen LogP contribution in [0.5, 0.6) is 0 Å². The maximum Gasteiger partial charge on any atom is 0.303 e. The zero-order valence-corrected chi connectivity index (χ0v) is 27.6. The van der Waals surface area contributed by atoms with Crippen LogP contribution >= 0.6 is 0 Å². The van der Waals surface area contributed by atoms with Gasteiger partial charge in [-0.3, -0.25) is 9.59 Å². The first-order valence-electron chi connectivity index (χ1n) is 17.4. The molecule has 0 aromatic carbocycles. The number of nitrogens with two attached hydrogens (primary N) is 1. The number of hydrogen-bond donors (Lipinski definition) is 3. The van der Waals surface area contributed by atoms with Gasteiger partial charge in [-0.15, -0.1) is 0 Å². The van der Waals surface area contributed by atoms with Gasteiger partial charge in [-0.25, -0.2) is 0 Å². The number of allylic oxidation sites excluding steroid dienone is 3. The molecule has 0 radical (unpaired) electrons. The topological polar surface area (TPSA) is 110 Å². The molecule has 0 bridgehead atoms. The third-order valence-electron chi connectivity index (χ3n) is 14.7. The van der Waals surface area contributed by atoms with Crippen LogP contribution in [0.4, 0.5) is 0 Å². The Labute approximate surface area is 259 Å². The van der Waals surface area contributed by atoms with Crippen LogP contribution in [0.15, 0.2) is 22.3 Å². The van der Waals surface area contributed by atoms with Gasteiger partial charge in [0.05, 0.1) is 12.2 Å². The van der Waals surface area contributed by atoms with E-state index in [0.29, 0.717) is 19.3 Å². The van der Waals surface area contributed by atoms with Crippen LogP contribution in [0.25, 0.3) is 0 Å². The van der Waals surface area contributed by atoms with E-state index in [9.17, 15) is 19.8 Å². The molecule has 6 aliphatic carbocycles. The summed E-state index contributed by atoms with van der Waals surface area (Å²) in [5.41, 5.74) is 11.0. The molecule has 240 valence electrons. The number of rotatable bonds is 3. The Morgan fingerprint density at radius 1 is 0.860 bits per heavy atom. The van der Waals surface area contributed by atoms with E-state index in [1.807, 2.05) is 0 Å². The maximum absolute atomic E-state index is 13.7. The Morgan fingerprint density at radius 3 is 2.19 bits per heavy atom. The molecular weight excluding hydrogens is 538 g/mol. The lowest BCUT2D eigenvalue weighted by Gasteiger charge is -2.72. The van der Waals surface area contributed by atoms with Gasteiger partial charge in [-0.05, 0) is 136 Å². The largest absolute Gasteiger partial charge is 0.458 e. The molecule has 0 amide bonds. The van der Waals surface area contributed by atoms with E-state index in [-0.39, 0.29) is 51.7 Å². The zero-order chi connectivity index (χ0) is 31.1. The van der Waals surface area contributed by atoms with Gasteiger partial charge in [-0.1, -0.05) is 38.8 Å². The molecule has 0 heterocycles. The fraction of sp³-hybridized carbons (Fsp3) is 0.838. The van der Waals surface area contributed by atoms with Crippen LogP contribution < -0.4 is 5.73 Å². The van der Waals surface area contributed by atoms with Crippen LogP contribution in [0, 0.1) is 39.9 Å². The average molecular weight is 596 g/mol. The van der Waals surface area contributed by atoms with Crippen molar-refractivity contribution in [2.75, 3.05) is 0 Å². The summed E-state index contributed by atoms with van der Waals surface area (Å²) in [6.45, 7) is 12.3. The highest BCUT2D eigenvalue weighted by Gasteiger charge is 2.73. The van der Waals surface area contributed by atoms with Gasteiger partial charge in [0.15, 0.2) is 5.78 Å². The van der Waals surface area contributed by atoms with Crippen LogP contribution in [0.1, 0.15) is 131 Å². The number of fused-ring (bicyclic) bond motifs is 5. The normalized spacial score (nSPS) is 49.2. The number of ketones is 1. The van der Waals surface area contributed by atoms with Crippen molar-refractivity contribution < 1.29 is 24.5 Å². The van der Waals surface area contributed by atoms with Gasteiger partial charge in [0.2, 0.25) is 0 Å². The number of carbonyl (C=O) groups is 2. The lowest BCUT2D eigenvalue weighted by molar-refractivity contribution is -0.241. The summed E-state index contributed by atoms with van der Waals surface area (Å²) < 4.78 is 6.17. The molecule has 43 heavy (non-hydrogen) atoms. The molecule has 11 atom stereocenters. The van der Waals surface area contributed by atoms with Crippen molar-refractivity contribution in [3.63, 3.8) is 0 Å². The number of ether oxygens (including phenoxy) is 1. The standard InChI is InChI=1S/C37H57NO5/c1-21-28(41)14-15-35(5)33-29(42)19-27-32(31(22(2)39)26-13-9-12-25(18-26)24-10-7-8-11-24)30(43-23(3)40)20-36(27,6)34(33,4)16-17-37(21,35)38/h21,26-30,33,41-42H,7-20,38H2,1-6H3/b32-31+/t21-,26?,27+,28-,29-,30+,33-,34+,35-,36+,37-/m1/s1. The molecule has 6 heteroatoms. The number of hydrogen-bond acceptors (Lipinski definition) is 6. The minimum atomic E-state index is -0.583. The number of carbonyl (C=O) groups excluding carboxylic acids is 2. The monoisotopic (exact) mass is 595 g/mol. The second-order valence-corrected chi connectivity index (χ2v) is 16.5. The van der Waals surface area contributed by atoms with E-state index >= 15 is 0 Å². The van der Waals surface area contributed by atoms with Crippen molar-refractivity contribution in [1.29, 1.82) is 0 Å². The van der Waals surface area contributed by atoms with Gasteiger partial charge >= 0.3 is 5.97 Å². The van der Waals surface area contributed by atoms with Gasteiger partial charge in [0.1, 0.15) is 6.10 Å². The number of aliphatic hydroxyl groups is 2. The van der Waals surface area contributed by atoms with Crippen molar-refractivity contribution in [3.05, 3.63) is 22.3 Å². The van der Waals surface area contributed by atoms with E-state index in [1.54, 1.807) is 18.1 Å². The van der Waals surface area contributed by atoms with E-state index < -0.39 is 23.9 Å². The molecule has 0 aliphatic heterocycles. The predicted octanol–water partition coefficient (Wildman–Crippen LogP) is 6.57. The number of aliphatic hydroxyl groups excluding tert-OH is 2. The summed E-state index contributed by atoms with van der Waals surface area (Å²) >= 11 is 0. The maximum atomic E-state index is 13.7. The quantitative estimate of drug-likeness (QED) is 0.194. The second-order valence-electron chi connectivity index (χ2n) is 16.5. The summed E-state index contributed by atoms with van der Waals surface area (Å²) in [6, 6.07) is 0. The van der Waals surface area contributed by atoms with Crippen LogP contribution in [0.3, 0.4) is 0 Å². The molecule has 6 aliphatic rings. The van der Waals surface area contributed by atoms with Crippen molar-refractivity contribution in [2.45, 2.75) is 155 Å². The Balaban J connectivity index is 1.46. The fourth-order valence-electron chi connectivity index (χ4n) is 12.3. The van der Waals surface area contributed by atoms with Gasteiger partial charge in [0, 0.05) is 24.0 Å². The Hall–Kier alpha value is -1.50. The number of esters is 1. The van der Waals surface area contributed by atoms with E-state index in [4.69, 9.17) is 10.5 Å². The first kappa shape index (κ1) is 31.5. The van der Waals surface area contributed by atoms with Crippen LogP contribution in [0.2, 0.25) is 0 Å². The highest BCUT2D eigenvalue weighted by atomic mass is 16.5. The highest BCUT2D eigenvalue weighted by molar-refractivity contribution is 5.95. The molecule has 6 rings (SSSR count). The molecule has 6 fully saturated rings. The lowest BCUT2D eigenvalue weighted by Crippen LogP contribution is -2.75.